The van der Waals surface area contributed by atoms with Crippen molar-refractivity contribution in [3.8, 4) is 0 Å². The van der Waals surface area contributed by atoms with Crippen LogP contribution in [0.2, 0.25) is 25.2 Å². The highest BCUT2D eigenvalue weighted by molar-refractivity contribution is 6.78. The minimum absolute atomic E-state index is 0.0744. The summed E-state index contributed by atoms with van der Waals surface area (Å²) < 4.78 is 0. The molecule has 0 heterocycles. The Labute approximate surface area is 99.1 Å². The van der Waals surface area contributed by atoms with Gasteiger partial charge in [-0.15, -0.1) is 6.58 Å². The first-order valence-electron chi connectivity index (χ1n) is 6.00. The first kappa shape index (κ1) is 13.4. The summed E-state index contributed by atoms with van der Waals surface area (Å²) >= 11 is 0. The van der Waals surface area contributed by atoms with Crippen molar-refractivity contribution in [2.24, 2.45) is 5.41 Å². The van der Waals surface area contributed by atoms with E-state index in [2.05, 4.69) is 26.2 Å². The fourth-order valence-corrected chi connectivity index (χ4v) is 5.56. The Morgan fingerprint density at radius 1 is 1.38 bits per heavy atom. The van der Waals surface area contributed by atoms with Crippen LogP contribution in [-0.4, -0.2) is 20.1 Å². The van der Waals surface area contributed by atoms with E-state index in [1.807, 2.05) is 6.08 Å². The summed E-state index contributed by atoms with van der Waals surface area (Å²) in [6.07, 6.45) is 5.97. The van der Waals surface area contributed by atoms with Gasteiger partial charge in [-0.05, 0) is 18.4 Å². The third-order valence-corrected chi connectivity index (χ3v) is 6.31. The Hall–Kier alpha value is -0.703. The van der Waals surface area contributed by atoms with Crippen LogP contribution in [0, 0.1) is 5.41 Å². The lowest BCUT2D eigenvalue weighted by Gasteiger charge is -2.42. The van der Waals surface area contributed by atoms with Gasteiger partial charge >= 0.3 is 0 Å². The highest BCUT2D eigenvalue weighted by Gasteiger charge is 2.49. The van der Waals surface area contributed by atoms with Gasteiger partial charge < -0.3 is 4.79 Å². The maximum absolute atomic E-state index is 12.1. The molecule has 0 saturated heterocycles. The van der Waals surface area contributed by atoms with E-state index in [1.54, 1.807) is 0 Å². The molecule has 1 aliphatic rings. The molecule has 0 unspecified atom stereocenters. The zero-order chi connectivity index (χ0) is 12.4. The molecular weight excluding hydrogens is 216 g/mol. The monoisotopic (exact) mass is 238 g/mol. The number of carbonyl (C=O) groups excluding carboxylic acids is 2. The largest absolute Gasteiger partial charge is 0.302 e. The highest BCUT2D eigenvalue weighted by atomic mass is 28.3. The second-order valence-corrected chi connectivity index (χ2v) is 11.2. The van der Waals surface area contributed by atoms with E-state index in [1.165, 1.54) is 0 Å². The molecule has 2 atom stereocenters. The van der Waals surface area contributed by atoms with Gasteiger partial charge in [0.2, 0.25) is 0 Å². The molecule has 1 saturated carbocycles. The predicted molar refractivity (Wildman–Crippen MR) is 69.3 cm³/mol. The van der Waals surface area contributed by atoms with E-state index >= 15 is 0 Å². The summed E-state index contributed by atoms with van der Waals surface area (Å²) in [5, 5.41) is 0. The third-order valence-electron chi connectivity index (χ3n) is 3.70. The van der Waals surface area contributed by atoms with Gasteiger partial charge in [-0.2, -0.15) is 0 Å². The van der Waals surface area contributed by atoms with Gasteiger partial charge in [-0.25, -0.2) is 0 Å². The van der Waals surface area contributed by atoms with Crippen LogP contribution in [-0.2, 0) is 9.59 Å². The second kappa shape index (κ2) is 4.66. The third kappa shape index (κ3) is 2.19. The van der Waals surface area contributed by atoms with Crippen molar-refractivity contribution in [3.63, 3.8) is 0 Å². The Morgan fingerprint density at radius 2 is 2.00 bits per heavy atom. The van der Waals surface area contributed by atoms with Crippen molar-refractivity contribution >= 4 is 20.1 Å². The Balaban J connectivity index is 3.15. The number of ketones is 1. The van der Waals surface area contributed by atoms with Crippen LogP contribution >= 0.6 is 0 Å². The quantitative estimate of drug-likeness (QED) is 0.326. The molecule has 0 spiro atoms. The topological polar surface area (TPSA) is 34.1 Å². The Morgan fingerprint density at radius 3 is 2.38 bits per heavy atom. The summed E-state index contributed by atoms with van der Waals surface area (Å²) in [6, 6.07) is 0. The van der Waals surface area contributed by atoms with Crippen molar-refractivity contribution in [1.29, 1.82) is 0 Å². The lowest BCUT2D eigenvalue weighted by atomic mass is 9.71. The maximum atomic E-state index is 12.1. The van der Waals surface area contributed by atoms with E-state index in [0.717, 1.165) is 25.5 Å². The zero-order valence-electron chi connectivity index (χ0n) is 10.6. The molecule has 0 aromatic heterocycles. The van der Waals surface area contributed by atoms with Crippen molar-refractivity contribution in [3.05, 3.63) is 12.7 Å². The fourth-order valence-electron chi connectivity index (χ4n) is 2.94. The van der Waals surface area contributed by atoms with Crippen molar-refractivity contribution in [2.45, 2.75) is 50.9 Å². The van der Waals surface area contributed by atoms with E-state index in [-0.39, 0.29) is 11.3 Å². The Bertz CT molecular complexity index is 304. The molecule has 16 heavy (non-hydrogen) atoms. The minimum atomic E-state index is -1.58. The molecule has 1 fully saturated rings. The van der Waals surface area contributed by atoms with Crippen molar-refractivity contribution in [2.75, 3.05) is 0 Å². The van der Waals surface area contributed by atoms with Crippen LogP contribution in [0.5, 0.6) is 0 Å². The van der Waals surface area contributed by atoms with Crippen LogP contribution < -0.4 is 0 Å². The lowest BCUT2D eigenvalue weighted by Crippen LogP contribution is -2.47. The number of carbonyl (C=O) groups is 2. The molecule has 0 aromatic rings. The van der Waals surface area contributed by atoms with Crippen LogP contribution in [0.4, 0.5) is 0 Å². The predicted octanol–water partition coefficient (Wildman–Crippen LogP) is 3.21. The standard InChI is InChI=1S/C13H22O2Si/c1-5-12(16(2,3)4)13(10-14)9-7-6-8-11(13)15/h5,10,12H,1,6-9H2,2-4H3/t12-,13-/m1/s1. The minimum Gasteiger partial charge on any atom is -0.302 e. The molecule has 2 nitrogen and oxygen atoms in total. The van der Waals surface area contributed by atoms with E-state index in [4.69, 9.17) is 0 Å². The number of rotatable bonds is 4. The smallest absolute Gasteiger partial charge is 0.146 e. The highest BCUT2D eigenvalue weighted by Crippen LogP contribution is 2.47. The normalized spacial score (nSPS) is 28.6. The average Bonchev–Trinajstić information content (AvgIpc) is 2.20. The van der Waals surface area contributed by atoms with Crippen LogP contribution in [0.25, 0.3) is 0 Å². The first-order chi connectivity index (χ1) is 7.38. The molecule has 3 heteroatoms. The van der Waals surface area contributed by atoms with Crippen LogP contribution in [0.15, 0.2) is 12.7 Å². The fraction of sp³-hybridized carbons (Fsp3) is 0.692. The number of hydrogen-bond donors (Lipinski definition) is 0. The van der Waals surface area contributed by atoms with Gasteiger partial charge in [0.25, 0.3) is 0 Å². The average molecular weight is 238 g/mol. The van der Waals surface area contributed by atoms with Crippen LogP contribution in [0.1, 0.15) is 25.7 Å². The zero-order valence-corrected chi connectivity index (χ0v) is 11.6. The number of hydrogen-bond acceptors (Lipinski definition) is 2. The maximum Gasteiger partial charge on any atom is 0.146 e. The molecule has 0 amide bonds. The summed E-state index contributed by atoms with van der Waals surface area (Å²) in [5.41, 5.74) is -0.671. The molecule has 0 aliphatic heterocycles. The molecule has 90 valence electrons. The Kier molecular flexibility index (Phi) is 3.89. The lowest BCUT2D eigenvalue weighted by molar-refractivity contribution is -0.137. The molecule has 0 N–H and O–H groups in total. The molecule has 0 aromatic carbocycles. The molecule has 0 radical (unpaired) electrons. The number of Topliss-reactive ketones (excluding diaryl/α,β-unsaturated/α-hetero) is 1. The molecular formula is C13H22O2Si. The van der Waals surface area contributed by atoms with E-state index < -0.39 is 13.5 Å². The van der Waals surface area contributed by atoms with Gasteiger partial charge in [0.1, 0.15) is 12.1 Å². The summed E-state index contributed by atoms with van der Waals surface area (Å²) in [7, 11) is -1.58. The van der Waals surface area contributed by atoms with E-state index in [0.29, 0.717) is 6.42 Å². The van der Waals surface area contributed by atoms with Gasteiger partial charge in [-0.3, -0.25) is 4.79 Å². The van der Waals surface area contributed by atoms with Crippen molar-refractivity contribution < 1.29 is 9.59 Å². The van der Waals surface area contributed by atoms with Gasteiger partial charge in [0.05, 0.1) is 13.5 Å². The van der Waals surface area contributed by atoms with Crippen molar-refractivity contribution in [1.82, 2.24) is 0 Å². The molecule has 0 bridgehead atoms. The summed E-state index contributed by atoms with van der Waals surface area (Å²) in [4.78, 5) is 23.6. The van der Waals surface area contributed by atoms with Gasteiger partial charge in [0.15, 0.2) is 0 Å². The first-order valence-corrected chi connectivity index (χ1v) is 9.58. The summed E-state index contributed by atoms with van der Waals surface area (Å²) in [6.45, 7) is 10.5. The van der Waals surface area contributed by atoms with Gasteiger partial charge in [0, 0.05) is 6.42 Å². The molecule has 1 aliphatic carbocycles. The number of aldehydes is 1. The van der Waals surface area contributed by atoms with E-state index in [9.17, 15) is 9.59 Å². The molecule has 1 rings (SSSR count). The number of allylic oxidation sites excluding steroid dienone is 1. The second-order valence-electron chi connectivity index (χ2n) is 5.87. The SMILES string of the molecule is C=C[C@H]([C@@]1(C=O)CCCCC1=O)[Si](C)(C)C. The summed E-state index contributed by atoms with van der Waals surface area (Å²) in [5.74, 6) is 0.140. The van der Waals surface area contributed by atoms with Crippen LogP contribution in [0.3, 0.4) is 0 Å². The van der Waals surface area contributed by atoms with Gasteiger partial charge in [-0.1, -0.05) is 32.1 Å².